The second kappa shape index (κ2) is 22.3. The number of ketones is 1. The highest BCUT2D eigenvalue weighted by Crippen LogP contribution is 2.65. The van der Waals surface area contributed by atoms with Gasteiger partial charge in [-0.1, -0.05) is 128 Å². The van der Waals surface area contributed by atoms with Crippen molar-refractivity contribution < 1.29 is 66.4 Å². The van der Waals surface area contributed by atoms with E-state index in [0.29, 0.717) is 29.3 Å². The number of carbonyl (C=O) groups excluding carboxylic acids is 6. The van der Waals surface area contributed by atoms with Crippen LogP contribution >= 0.6 is 11.6 Å². The van der Waals surface area contributed by atoms with Crippen molar-refractivity contribution in [2.75, 3.05) is 6.61 Å². The van der Waals surface area contributed by atoms with E-state index in [2.05, 4.69) is 5.32 Å². The van der Waals surface area contributed by atoms with Crippen LogP contribution in [0.2, 0.25) is 41.3 Å². The second-order valence-electron chi connectivity index (χ2n) is 23.7. The van der Waals surface area contributed by atoms with Crippen molar-refractivity contribution in [2.45, 2.75) is 186 Å². The van der Waals surface area contributed by atoms with Crippen LogP contribution in [-0.4, -0.2) is 112 Å². The molecule has 3 aliphatic carbocycles. The van der Waals surface area contributed by atoms with Crippen LogP contribution in [0.15, 0.2) is 96.1 Å². The Morgan fingerprint density at radius 2 is 1.43 bits per heavy atom. The monoisotopic (exact) mass is 1120 g/mol. The smallest absolute Gasteiger partial charge is 0.340 e. The maximum atomic E-state index is 16.6. The minimum absolute atomic E-state index is 0.0457. The van der Waals surface area contributed by atoms with Gasteiger partial charge in [-0.05, 0) is 91.1 Å². The lowest BCUT2D eigenvalue weighted by Gasteiger charge is -2.68. The zero-order valence-corrected chi connectivity index (χ0v) is 49.8. The summed E-state index contributed by atoms with van der Waals surface area (Å²) < 4.78 is 47.0. The van der Waals surface area contributed by atoms with Gasteiger partial charge in [0.2, 0.25) is 0 Å². The van der Waals surface area contributed by atoms with Crippen molar-refractivity contribution in [3.05, 3.63) is 118 Å². The Hall–Kier alpha value is -5.02. The third-order valence-electron chi connectivity index (χ3n) is 18.1. The number of Topliss-reactive ketones (excluding diaryl/α,β-unsaturated/α-hetero) is 1. The van der Waals surface area contributed by atoms with Crippen LogP contribution in [0.5, 0.6) is 0 Å². The molecule has 0 unspecified atom stereocenters. The van der Waals surface area contributed by atoms with Crippen LogP contribution in [0, 0.1) is 16.7 Å². The lowest BCUT2D eigenvalue weighted by molar-refractivity contribution is -0.344. The first-order valence-electron chi connectivity index (χ1n) is 26.9. The first kappa shape index (κ1) is 59.6. The summed E-state index contributed by atoms with van der Waals surface area (Å²) in [6, 6.07) is 24.7. The zero-order valence-electron chi connectivity index (χ0n) is 47.1. The summed E-state index contributed by atoms with van der Waals surface area (Å²) in [5, 5.41) is 17.1. The number of hydrogen-bond donors (Lipinski definition) is 2. The largest absolute Gasteiger partial charge is 0.456 e. The lowest BCUT2D eigenvalue weighted by Crippen LogP contribution is -2.82. The van der Waals surface area contributed by atoms with E-state index in [0.717, 1.165) is 0 Å². The Morgan fingerprint density at radius 3 is 1.96 bits per heavy atom. The number of aliphatic hydroxyl groups is 1. The van der Waals surface area contributed by atoms with E-state index in [4.69, 9.17) is 44.1 Å². The molecule has 77 heavy (non-hydrogen) atoms. The highest BCUT2D eigenvalue weighted by Gasteiger charge is 2.79. The molecule has 0 aromatic heterocycles. The second-order valence-corrected chi connectivity index (χ2v) is 33.5. The fraction of sp³-hybridized carbons (Fsp3) is 0.559. The van der Waals surface area contributed by atoms with Gasteiger partial charge in [-0.25, -0.2) is 9.59 Å². The highest BCUT2D eigenvalue weighted by molar-refractivity contribution is 6.74. The fourth-order valence-corrected chi connectivity index (χ4v) is 16.7. The Labute approximate surface area is 460 Å². The van der Waals surface area contributed by atoms with E-state index in [9.17, 15) is 19.5 Å². The average Bonchev–Trinajstić information content (AvgIpc) is 3.57. The van der Waals surface area contributed by atoms with E-state index in [1.54, 1.807) is 94.4 Å². The van der Waals surface area contributed by atoms with E-state index in [-0.39, 0.29) is 34.8 Å². The number of ether oxygens (including phenoxy) is 5. The fourth-order valence-electron chi connectivity index (χ4n) is 12.3. The number of halogens is 1. The molecule has 18 heteroatoms. The lowest BCUT2D eigenvalue weighted by atomic mass is 9.44. The summed E-state index contributed by atoms with van der Waals surface area (Å²) in [6.07, 6.45) is -8.81. The van der Waals surface area contributed by atoms with Gasteiger partial charge in [0, 0.05) is 37.7 Å². The maximum Gasteiger partial charge on any atom is 0.340 e. The molecule has 3 aromatic rings. The number of carbonyl (C=O) groups is 6. The predicted molar refractivity (Wildman–Crippen MR) is 295 cm³/mol. The van der Waals surface area contributed by atoms with Gasteiger partial charge in [0.15, 0.2) is 40.2 Å². The summed E-state index contributed by atoms with van der Waals surface area (Å²) in [5.41, 5.74) is -6.42. The first-order chi connectivity index (χ1) is 36.0. The van der Waals surface area contributed by atoms with Gasteiger partial charge in [0.25, 0.3) is 5.91 Å². The van der Waals surface area contributed by atoms with Gasteiger partial charge in [0.05, 0.1) is 40.7 Å². The summed E-state index contributed by atoms with van der Waals surface area (Å²) in [4.78, 5) is 88.8. The molecule has 4 aliphatic rings. The van der Waals surface area contributed by atoms with Gasteiger partial charge in [-0.15, -0.1) is 0 Å². The molecule has 7 rings (SSSR count). The van der Waals surface area contributed by atoms with E-state index in [1.807, 2.05) is 60.7 Å². The van der Waals surface area contributed by atoms with Crippen LogP contribution in [0.25, 0.3) is 0 Å². The van der Waals surface area contributed by atoms with Crippen molar-refractivity contribution in [2.24, 2.45) is 16.7 Å². The molecule has 2 saturated carbocycles. The summed E-state index contributed by atoms with van der Waals surface area (Å²) in [7, 11) is -5.63. The molecule has 1 saturated heterocycles. The molecule has 1 aliphatic heterocycles. The van der Waals surface area contributed by atoms with Crippen LogP contribution in [0.3, 0.4) is 0 Å². The average molecular weight is 1120 g/mol. The molecular weight excluding hydrogens is 1040 g/mol. The Kier molecular flexibility index (Phi) is 17.2. The summed E-state index contributed by atoms with van der Waals surface area (Å²) in [5.74, 6) is -6.02. The van der Waals surface area contributed by atoms with Crippen molar-refractivity contribution in [1.29, 1.82) is 0 Å². The summed E-state index contributed by atoms with van der Waals surface area (Å²) in [6.45, 7) is 24.9. The molecule has 0 spiro atoms. The van der Waals surface area contributed by atoms with Crippen molar-refractivity contribution in [3.63, 3.8) is 0 Å². The normalized spacial score (nSPS) is 28.7. The van der Waals surface area contributed by atoms with Gasteiger partial charge in [0.1, 0.15) is 23.9 Å². The zero-order chi connectivity index (χ0) is 56.8. The minimum atomic E-state index is -2.96. The van der Waals surface area contributed by atoms with Crippen molar-refractivity contribution in [3.8, 4) is 0 Å². The number of esters is 4. The number of benzene rings is 3. The van der Waals surface area contributed by atoms with E-state index < -0.39 is 134 Å². The van der Waals surface area contributed by atoms with E-state index in [1.165, 1.54) is 26.0 Å². The van der Waals surface area contributed by atoms with Crippen LogP contribution in [0.1, 0.15) is 128 Å². The number of hydrogen-bond acceptors (Lipinski definition) is 14. The molecule has 15 nitrogen and oxygen atoms in total. The minimum Gasteiger partial charge on any atom is -0.456 e. The van der Waals surface area contributed by atoms with Gasteiger partial charge >= 0.3 is 23.9 Å². The Bertz CT molecular complexity index is 2750. The quantitative estimate of drug-likeness (QED) is 0.0560. The van der Waals surface area contributed by atoms with Crippen LogP contribution in [-0.2, 0) is 51.7 Å². The van der Waals surface area contributed by atoms with Gasteiger partial charge < -0.3 is 43.0 Å². The Balaban J connectivity index is 1.50. The molecule has 3 aromatic carbocycles. The van der Waals surface area contributed by atoms with Crippen molar-refractivity contribution >= 4 is 63.8 Å². The summed E-state index contributed by atoms with van der Waals surface area (Å²) >= 11 is 6.72. The molecule has 3 fully saturated rings. The third-order valence-corrected chi connectivity index (χ3v) is 27.5. The molecule has 1 amide bonds. The molecule has 2 N–H and O–H groups in total. The molecule has 1 heterocycles. The van der Waals surface area contributed by atoms with Crippen molar-refractivity contribution in [1.82, 2.24) is 5.32 Å². The molecule has 11 atom stereocenters. The highest BCUT2D eigenvalue weighted by atomic mass is 35.5. The maximum absolute atomic E-state index is 16.6. The van der Waals surface area contributed by atoms with E-state index >= 15 is 14.4 Å². The van der Waals surface area contributed by atoms with Gasteiger partial charge in [-0.3, -0.25) is 19.2 Å². The first-order valence-corrected chi connectivity index (χ1v) is 32.7. The van der Waals surface area contributed by atoms with Crippen LogP contribution in [0.4, 0.5) is 0 Å². The number of fused-ring (bicyclic) bond motifs is 5. The molecule has 418 valence electrons. The topological polar surface area (TPSA) is 199 Å². The molecular formula is C59H78ClNO14Si2. The van der Waals surface area contributed by atoms with Crippen LogP contribution < -0.4 is 5.32 Å². The Morgan fingerprint density at radius 1 is 0.844 bits per heavy atom. The standard InChI is InChI=1S/C59H78ClNO14Si2/c1-15-77(16-2,17-3)74-43-32-44-58(34-69-44,73-37(6)63)49-51(72-53(66)40-30-24-25-31-41(40)60)59(68)33-42(35(4)45(56(59,10)11)47(70-36(5)62)50(64)57(43,49)12)71-54(67)48(75-76(13,14)55(7,8)9)46(38-26-20-18-21-27-38)61-52(65)39-28-22-19-23-29-39/h18-31,42-44,46-49,51,68H,15-17,32-34H2,1-14H3,(H,61,65)/t42-,43-,44+,46-,47+,48+,49-,51-,57+,58-,59+/m0/s1. The number of rotatable bonds is 17. The SMILES string of the molecule is CC[Si](CC)(CC)O[C@H]1C[C@H]2OC[C@@]2(OC(C)=O)[C@H]2[C@H](OC(=O)c3ccccc3Cl)[C@]3(O)C[C@H](OC(=O)[C@H](O[Si](C)(C)C(C)(C)C)[C@@H](NC(=O)c4ccccc4)c4ccccc4)C(C)=C([C@@H](OC(C)=O)C(=O)[C@]12C)C3(C)C. The molecule has 2 bridgehead atoms. The third kappa shape index (κ3) is 10.8. The van der Waals surface area contributed by atoms with Gasteiger partial charge in [-0.2, -0.15) is 0 Å². The number of nitrogens with one attached hydrogen (secondary N) is 1. The predicted octanol–water partition coefficient (Wildman–Crippen LogP) is 10.4. The molecule has 0 radical (unpaired) electrons. The number of amides is 1.